The van der Waals surface area contributed by atoms with E-state index in [-0.39, 0.29) is 16.7 Å². The molecule has 2 aromatic heterocycles. The predicted octanol–water partition coefficient (Wildman–Crippen LogP) is 3.30. The van der Waals surface area contributed by atoms with E-state index in [4.69, 9.17) is 0 Å². The van der Waals surface area contributed by atoms with E-state index in [0.29, 0.717) is 37.6 Å². The number of halogens is 3. The quantitative estimate of drug-likeness (QED) is 0.822. The van der Waals surface area contributed by atoms with Crippen LogP contribution in [0.5, 0.6) is 0 Å². The molecule has 0 aromatic carbocycles. The van der Waals surface area contributed by atoms with E-state index < -0.39 is 22.6 Å². The van der Waals surface area contributed by atoms with Gasteiger partial charge in [0, 0.05) is 43.4 Å². The second-order valence-corrected chi connectivity index (χ2v) is 8.26. The van der Waals surface area contributed by atoms with E-state index in [0.717, 1.165) is 0 Å². The van der Waals surface area contributed by atoms with Gasteiger partial charge in [-0.25, -0.2) is 4.98 Å². The van der Waals surface area contributed by atoms with Crippen LogP contribution >= 0.6 is 0 Å². The van der Waals surface area contributed by atoms with Crippen molar-refractivity contribution < 1.29 is 13.2 Å². The molecule has 1 aliphatic rings. The number of aromatic nitrogens is 2. The summed E-state index contributed by atoms with van der Waals surface area (Å²) in [4.78, 5) is 23.6. The SMILES string of the molecule is Cc1cc(=O)c2c(C(C)(C)C)nc(N3CCN(C)CC3)c(C(F)(F)F)c2[nH]1. The van der Waals surface area contributed by atoms with Gasteiger partial charge in [-0.05, 0) is 14.0 Å². The van der Waals surface area contributed by atoms with Crippen LogP contribution in [0.3, 0.4) is 0 Å². The molecule has 0 bridgehead atoms. The van der Waals surface area contributed by atoms with Crippen molar-refractivity contribution in [2.24, 2.45) is 0 Å². The van der Waals surface area contributed by atoms with Gasteiger partial charge in [0.1, 0.15) is 11.4 Å². The summed E-state index contributed by atoms with van der Waals surface area (Å²) in [7, 11) is 1.94. The summed E-state index contributed by atoms with van der Waals surface area (Å²) in [6.45, 7) is 9.39. The van der Waals surface area contributed by atoms with Crippen molar-refractivity contribution in [2.45, 2.75) is 39.3 Å². The molecule has 0 amide bonds. The molecule has 0 saturated carbocycles. The summed E-state index contributed by atoms with van der Waals surface area (Å²) in [6, 6.07) is 1.33. The lowest BCUT2D eigenvalue weighted by molar-refractivity contribution is -0.136. The van der Waals surface area contributed by atoms with Gasteiger partial charge < -0.3 is 14.8 Å². The minimum atomic E-state index is -4.63. The Balaban J connectivity index is 2.42. The highest BCUT2D eigenvalue weighted by atomic mass is 19.4. The standard InChI is InChI=1S/C19H25F3N4O/c1-11-10-12(27)13-15(23-11)14(19(20,21)22)17(24-16(13)18(2,3)4)26-8-6-25(5)7-9-26/h10H,6-9H2,1-5H3,(H,23,27). The first-order chi connectivity index (χ1) is 12.4. The number of aryl methyl sites for hydroxylation is 1. The van der Waals surface area contributed by atoms with Crippen molar-refractivity contribution in [3.05, 3.63) is 33.2 Å². The minimum Gasteiger partial charge on any atom is -0.358 e. The normalized spacial score (nSPS) is 17.0. The van der Waals surface area contributed by atoms with Crippen molar-refractivity contribution in [2.75, 3.05) is 38.1 Å². The number of nitrogens with zero attached hydrogens (tertiary/aromatic N) is 3. The fourth-order valence-electron chi connectivity index (χ4n) is 3.50. The Labute approximate surface area is 156 Å². The molecule has 0 unspecified atom stereocenters. The Bertz CT molecular complexity index is 920. The lowest BCUT2D eigenvalue weighted by Crippen LogP contribution is -2.45. The third kappa shape index (κ3) is 3.67. The Morgan fingerprint density at radius 1 is 1.11 bits per heavy atom. The molecule has 27 heavy (non-hydrogen) atoms. The van der Waals surface area contributed by atoms with Crippen LogP contribution in [0.1, 0.15) is 37.7 Å². The fraction of sp³-hybridized carbons (Fsp3) is 0.579. The molecule has 0 radical (unpaired) electrons. The number of nitrogens with one attached hydrogen (secondary N) is 1. The average Bonchev–Trinajstić information content (AvgIpc) is 2.51. The van der Waals surface area contributed by atoms with Gasteiger partial charge in [-0.2, -0.15) is 13.2 Å². The Morgan fingerprint density at radius 2 is 1.70 bits per heavy atom. The second kappa shape index (κ2) is 6.51. The Morgan fingerprint density at radius 3 is 2.22 bits per heavy atom. The molecular weight excluding hydrogens is 357 g/mol. The number of aromatic amines is 1. The van der Waals surface area contributed by atoms with Crippen molar-refractivity contribution >= 4 is 16.7 Å². The number of H-pyrrole nitrogens is 1. The molecule has 0 aliphatic carbocycles. The van der Waals surface area contributed by atoms with Gasteiger partial charge in [0.25, 0.3) is 0 Å². The molecule has 0 atom stereocenters. The first-order valence-electron chi connectivity index (χ1n) is 8.98. The number of piperazine rings is 1. The highest BCUT2D eigenvalue weighted by molar-refractivity contribution is 5.89. The lowest BCUT2D eigenvalue weighted by Gasteiger charge is -2.35. The van der Waals surface area contributed by atoms with Gasteiger partial charge in [0.2, 0.25) is 0 Å². The number of fused-ring (bicyclic) bond motifs is 1. The second-order valence-electron chi connectivity index (χ2n) is 8.26. The van der Waals surface area contributed by atoms with E-state index in [9.17, 15) is 18.0 Å². The topological polar surface area (TPSA) is 52.2 Å². The van der Waals surface area contributed by atoms with Crippen LogP contribution in [0.4, 0.5) is 19.0 Å². The number of rotatable bonds is 1. The highest BCUT2D eigenvalue weighted by Crippen LogP contribution is 2.42. The summed E-state index contributed by atoms with van der Waals surface area (Å²) in [5, 5.41) is 0.0262. The molecule has 3 rings (SSSR count). The minimum absolute atomic E-state index is 0.0262. The summed E-state index contributed by atoms with van der Waals surface area (Å²) in [5.74, 6) is -0.0886. The molecule has 5 nitrogen and oxygen atoms in total. The number of hydrogen-bond acceptors (Lipinski definition) is 4. The van der Waals surface area contributed by atoms with Gasteiger partial charge in [0.15, 0.2) is 5.43 Å². The molecule has 3 heterocycles. The molecule has 2 aromatic rings. The van der Waals surface area contributed by atoms with Gasteiger partial charge in [-0.15, -0.1) is 0 Å². The smallest absolute Gasteiger partial charge is 0.358 e. The lowest BCUT2D eigenvalue weighted by atomic mass is 9.88. The van der Waals surface area contributed by atoms with Crippen LogP contribution in [0, 0.1) is 6.92 Å². The van der Waals surface area contributed by atoms with Crippen molar-refractivity contribution in [1.82, 2.24) is 14.9 Å². The van der Waals surface area contributed by atoms with Crippen LogP contribution in [-0.2, 0) is 11.6 Å². The third-order valence-electron chi connectivity index (χ3n) is 4.89. The summed E-state index contributed by atoms with van der Waals surface area (Å²) in [5.41, 5.74) is -1.24. The average molecular weight is 382 g/mol. The molecule has 1 N–H and O–H groups in total. The van der Waals surface area contributed by atoms with Crippen LogP contribution in [0.15, 0.2) is 10.9 Å². The van der Waals surface area contributed by atoms with Crippen LogP contribution in [-0.4, -0.2) is 48.1 Å². The molecule has 1 fully saturated rings. The molecule has 1 saturated heterocycles. The summed E-state index contributed by atoms with van der Waals surface area (Å²) in [6.07, 6.45) is -4.63. The number of pyridine rings is 2. The third-order valence-corrected chi connectivity index (χ3v) is 4.89. The van der Waals surface area contributed by atoms with Crippen molar-refractivity contribution in [3.8, 4) is 0 Å². The maximum atomic E-state index is 14.1. The first-order valence-corrected chi connectivity index (χ1v) is 8.98. The molecule has 0 spiro atoms. The Hall–Kier alpha value is -2.09. The monoisotopic (exact) mass is 382 g/mol. The Kier molecular flexibility index (Phi) is 4.74. The zero-order valence-corrected chi connectivity index (χ0v) is 16.3. The van der Waals surface area contributed by atoms with Crippen molar-refractivity contribution in [1.29, 1.82) is 0 Å². The molecule has 8 heteroatoms. The molecule has 1 aliphatic heterocycles. The van der Waals surface area contributed by atoms with Crippen LogP contribution < -0.4 is 10.3 Å². The molecular formula is C19H25F3N4O. The van der Waals surface area contributed by atoms with Gasteiger partial charge in [-0.3, -0.25) is 4.79 Å². The number of likely N-dealkylation sites (N-methyl/N-ethyl adjacent to an activating group) is 1. The van der Waals surface area contributed by atoms with E-state index in [1.165, 1.54) is 6.07 Å². The zero-order valence-electron chi connectivity index (χ0n) is 16.3. The maximum absolute atomic E-state index is 14.1. The van der Waals surface area contributed by atoms with Crippen LogP contribution in [0.2, 0.25) is 0 Å². The molecule has 148 valence electrons. The van der Waals surface area contributed by atoms with Gasteiger partial charge >= 0.3 is 6.18 Å². The maximum Gasteiger partial charge on any atom is 0.421 e. The first kappa shape index (κ1) is 19.7. The number of anilines is 1. The van der Waals surface area contributed by atoms with E-state index in [2.05, 4.69) is 14.9 Å². The van der Waals surface area contributed by atoms with Crippen LogP contribution in [0.25, 0.3) is 10.9 Å². The van der Waals surface area contributed by atoms with Crippen molar-refractivity contribution in [3.63, 3.8) is 0 Å². The van der Waals surface area contributed by atoms with Gasteiger partial charge in [0.05, 0.1) is 16.6 Å². The van der Waals surface area contributed by atoms with E-state index in [1.807, 2.05) is 27.8 Å². The largest absolute Gasteiger partial charge is 0.421 e. The predicted molar refractivity (Wildman–Crippen MR) is 101 cm³/mol. The van der Waals surface area contributed by atoms with E-state index in [1.54, 1.807) is 11.8 Å². The summed E-state index contributed by atoms with van der Waals surface area (Å²) < 4.78 is 42.3. The number of alkyl halides is 3. The zero-order chi connectivity index (χ0) is 20.1. The fourth-order valence-corrected chi connectivity index (χ4v) is 3.50. The van der Waals surface area contributed by atoms with Gasteiger partial charge in [-0.1, -0.05) is 20.8 Å². The highest BCUT2D eigenvalue weighted by Gasteiger charge is 2.41. The summed E-state index contributed by atoms with van der Waals surface area (Å²) >= 11 is 0. The number of hydrogen-bond donors (Lipinski definition) is 1. The van der Waals surface area contributed by atoms with E-state index >= 15 is 0 Å².